The van der Waals surface area contributed by atoms with Crippen molar-refractivity contribution < 1.29 is 13.5 Å². The van der Waals surface area contributed by atoms with Crippen LogP contribution in [0.25, 0.3) is 0 Å². The fraction of sp³-hybridized carbons (Fsp3) is 0.143. The van der Waals surface area contributed by atoms with E-state index >= 15 is 0 Å². The van der Waals surface area contributed by atoms with Crippen molar-refractivity contribution >= 4 is 17.1 Å². The molecule has 0 atom stereocenters. The molecule has 2 aromatic rings. The molecule has 3 nitrogen and oxygen atoms in total. The number of nitrogen functional groups attached to an aromatic ring is 1. The molecule has 0 radical (unpaired) electrons. The van der Waals surface area contributed by atoms with Crippen molar-refractivity contribution in [2.75, 3.05) is 17.7 Å². The van der Waals surface area contributed by atoms with Gasteiger partial charge in [-0.3, -0.25) is 0 Å². The zero-order valence-electron chi connectivity index (χ0n) is 10.4. The van der Waals surface area contributed by atoms with Crippen LogP contribution in [0.1, 0.15) is 6.92 Å². The largest absolute Gasteiger partial charge is 0.494 e. The average Bonchev–Trinajstić information content (AvgIpc) is 2.33. The molecule has 0 bridgehead atoms. The predicted octanol–water partition coefficient (Wildman–Crippen LogP) is 3.69. The predicted molar refractivity (Wildman–Crippen MR) is 71.7 cm³/mol. The third kappa shape index (κ3) is 3.34. The van der Waals surface area contributed by atoms with Crippen LogP contribution in [-0.2, 0) is 0 Å². The van der Waals surface area contributed by atoms with Gasteiger partial charge >= 0.3 is 0 Å². The summed E-state index contributed by atoms with van der Waals surface area (Å²) in [5.41, 5.74) is 7.35. The molecule has 0 heterocycles. The summed E-state index contributed by atoms with van der Waals surface area (Å²) in [6.07, 6.45) is 0. The summed E-state index contributed by atoms with van der Waals surface area (Å²) in [5, 5.41) is 2.94. The Morgan fingerprint density at radius 1 is 1.05 bits per heavy atom. The van der Waals surface area contributed by atoms with Crippen molar-refractivity contribution in [2.24, 2.45) is 0 Å². The monoisotopic (exact) mass is 264 g/mol. The number of nitrogens with two attached hydrogens (primary N) is 1. The highest BCUT2D eigenvalue weighted by Crippen LogP contribution is 2.26. The number of hydrogen-bond acceptors (Lipinski definition) is 3. The molecule has 0 saturated heterocycles. The second-order valence-electron chi connectivity index (χ2n) is 3.98. The Morgan fingerprint density at radius 3 is 2.53 bits per heavy atom. The lowest BCUT2D eigenvalue weighted by molar-refractivity contribution is 0.340. The first-order valence-corrected chi connectivity index (χ1v) is 5.84. The number of ether oxygens (including phenoxy) is 1. The Balaban J connectivity index is 2.24. The molecule has 2 rings (SSSR count). The van der Waals surface area contributed by atoms with Gasteiger partial charge < -0.3 is 15.8 Å². The molecule has 0 unspecified atom stereocenters. The molecular formula is C14H14F2N2O. The van der Waals surface area contributed by atoms with E-state index in [9.17, 15) is 8.78 Å². The maximum atomic E-state index is 13.1. The molecule has 5 heteroatoms. The van der Waals surface area contributed by atoms with Gasteiger partial charge in [0.2, 0.25) is 0 Å². The van der Waals surface area contributed by atoms with Gasteiger partial charge in [0.05, 0.1) is 6.61 Å². The van der Waals surface area contributed by atoms with Gasteiger partial charge in [0, 0.05) is 35.3 Å². The van der Waals surface area contributed by atoms with E-state index in [1.807, 2.05) is 6.92 Å². The first-order valence-electron chi connectivity index (χ1n) is 5.84. The van der Waals surface area contributed by atoms with Gasteiger partial charge in [-0.1, -0.05) is 0 Å². The van der Waals surface area contributed by atoms with E-state index < -0.39 is 11.6 Å². The topological polar surface area (TPSA) is 47.3 Å². The van der Waals surface area contributed by atoms with Crippen molar-refractivity contribution in [3.05, 3.63) is 48.0 Å². The van der Waals surface area contributed by atoms with E-state index in [1.54, 1.807) is 18.2 Å². The number of nitrogens with one attached hydrogen (secondary N) is 1. The molecule has 0 saturated carbocycles. The Labute approximate surface area is 110 Å². The second-order valence-corrected chi connectivity index (χ2v) is 3.98. The summed E-state index contributed by atoms with van der Waals surface area (Å²) in [6.45, 7) is 2.39. The summed E-state index contributed by atoms with van der Waals surface area (Å²) in [4.78, 5) is 0. The summed E-state index contributed by atoms with van der Waals surface area (Å²) >= 11 is 0. The molecule has 19 heavy (non-hydrogen) atoms. The highest BCUT2D eigenvalue weighted by atomic mass is 19.2. The van der Waals surface area contributed by atoms with Gasteiger partial charge in [0.15, 0.2) is 11.6 Å². The minimum absolute atomic E-state index is 0.437. The molecule has 2 aromatic carbocycles. The minimum Gasteiger partial charge on any atom is -0.494 e. The zero-order valence-corrected chi connectivity index (χ0v) is 10.4. The number of hydrogen-bond donors (Lipinski definition) is 2. The third-order valence-electron chi connectivity index (χ3n) is 2.45. The maximum Gasteiger partial charge on any atom is 0.160 e. The summed E-state index contributed by atoms with van der Waals surface area (Å²) in [7, 11) is 0. The van der Waals surface area contributed by atoms with Crippen LogP contribution in [0.15, 0.2) is 36.4 Å². The normalized spacial score (nSPS) is 10.3. The molecule has 0 spiro atoms. The Bertz CT molecular complexity index is 588. The van der Waals surface area contributed by atoms with Crippen molar-refractivity contribution in [2.45, 2.75) is 6.92 Å². The number of anilines is 3. The first kappa shape index (κ1) is 13.1. The van der Waals surface area contributed by atoms with Gasteiger partial charge in [-0.15, -0.1) is 0 Å². The second kappa shape index (κ2) is 5.56. The van der Waals surface area contributed by atoms with Crippen LogP contribution in [0, 0.1) is 11.6 Å². The van der Waals surface area contributed by atoms with Crippen molar-refractivity contribution in [1.82, 2.24) is 0 Å². The zero-order chi connectivity index (χ0) is 13.8. The van der Waals surface area contributed by atoms with Gasteiger partial charge in [-0.25, -0.2) is 8.78 Å². The van der Waals surface area contributed by atoms with E-state index in [2.05, 4.69) is 5.32 Å². The minimum atomic E-state index is -0.904. The van der Waals surface area contributed by atoms with Gasteiger partial charge in [0.25, 0.3) is 0 Å². The summed E-state index contributed by atoms with van der Waals surface area (Å²) < 4.78 is 31.3. The summed E-state index contributed by atoms with van der Waals surface area (Å²) in [6, 6.07) is 8.71. The fourth-order valence-corrected chi connectivity index (χ4v) is 1.68. The van der Waals surface area contributed by atoms with Crippen LogP contribution in [0.4, 0.5) is 25.8 Å². The van der Waals surface area contributed by atoms with Crippen molar-refractivity contribution in [1.29, 1.82) is 0 Å². The van der Waals surface area contributed by atoms with Crippen molar-refractivity contribution in [3.8, 4) is 5.75 Å². The lowest BCUT2D eigenvalue weighted by Gasteiger charge is -2.10. The molecule has 3 N–H and O–H groups in total. The van der Waals surface area contributed by atoms with Crippen LogP contribution in [0.2, 0.25) is 0 Å². The molecule has 0 aliphatic heterocycles. The molecule has 0 amide bonds. The van der Waals surface area contributed by atoms with E-state index in [0.29, 0.717) is 29.4 Å². The molecular weight excluding hydrogens is 250 g/mol. The maximum absolute atomic E-state index is 13.1. The van der Waals surface area contributed by atoms with E-state index in [4.69, 9.17) is 10.5 Å². The van der Waals surface area contributed by atoms with Crippen LogP contribution in [0.3, 0.4) is 0 Å². The fourth-order valence-electron chi connectivity index (χ4n) is 1.68. The van der Waals surface area contributed by atoms with E-state index in [-0.39, 0.29) is 0 Å². The number of halogens is 2. The molecule has 0 fully saturated rings. The Kier molecular flexibility index (Phi) is 3.85. The Hall–Kier alpha value is -2.30. The highest BCUT2D eigenvalue weighted by Gasteiger charge is 2.04. The van der Waals surface area contributed by atoms with Gasteiger partial charge in [-0.2, -0.15) is 0 Å². The number of rotatable bonds is 4. The smallest absolute Gasteiger partial charge is 0.160 e. The van der Waals surface area contributed by atoms with Crippen LogP contribution in [0.5, 0.6) is 5.75 Å². The van der Waals surface area contributed by atoms with Crippen LogP contribution < -0.4 is 15.8 Å². The van der Waals surface area contributed by atoms with Gasteiger partial charge in [-0.05, 0) is 25.1 Å². The first-order chi connectivity index (χ1) is 9.08. The standard InChI is InChI=1S/C14H14F2N2O/c1-2-19-12-6-9(17)5-11(7-12)18-10-3-4-13(15)14(16)8-10/h3-8,18H,2,17H2,1H3. The van der Waals surface area contributed by atoms with E-state index in [1.165, 1.54) is 6.07 Å². The highest BCUT2D eigenvalue weighted by molar-refractivity contribution is 5.66. The van der Waals surface area contributed by atoms with Crippen LogP contribution >= 0.6 is 0 Å². The lowest BCUT2D eigenvalue weighted by Crippen LogP contribution is -1.97. The average molecular weight is 264 g/mol. The molecule has 0 aliphatic carbocycles. The quantitative estimate of drug-likeness (QED) is 0.828. The Morgan fingerprint density at radius 2 is 1.84 bits per heavy atom. The lowest BCUT2D eigenvalue weighted by atomic mass is 10.2. The SMILES string of the molecule is CCOc1cc(N)cc(Nc2ccc(F)c(F)c2)c1. The van der Waals surface area contributed by atoms with E-state index in [0.717, 1.165) is 12.1 Å². The number of benzene rings is 2. The van der Waals surface area contributed by atoms with Crippen LogP contribution in [-0.4, -0.2) is 6.61 Å². The third-order valence-corrected chi connectivity index (χ3v) is 2.45. The molecule has 0 aliphatic rings. The summed E-state index contributed by atoms with van der Waals surface area (Å²) in [5.74, 6) is -1.17. The van der Waals surface area contributed by atoms with Crippen molar-refractivity contribution in [3.63, 3.8) is 0 Å². The molecule has 0 aromatic heterocycles. The molecule has 100 valence electrons. The van der Waals surface area contributed by atoms with Gasteiger partial charge in [0.1, 0.15) is 5.75 Å².